The molecule has 0 aliphatic carbocycles. The van der Waals surface area contributed by atoms with E-state index in [4.69, 9.17) is 38.1 Å². The molecule has 0 N–H and O–H groups in total. The van der Waals surface area contributed by atoms with E-state index < -0.39 is 46.4 Å². The average molecular weight is 859 g/mol. The van der Waals surface area contributed by atoms with Gasteiger partial charge in [-0.1, -0.05) is 158 Å². The van der Waals surface area contributed by atoms with E-state index in [-0.39, 0.29) is 25.0 Å². The van der Waals surface area contributed by atoms with Gasteiger partial charge in [-0.15, -0.1) is 0 Å². The minimum Gasteiger partial charge on any atom is -0.453 e. The molecule has 2 amide bonds. The number of ether oxygens (including phenoxy) is 6. The number of hydroxylamine groups is 4. The van der Waals surface area contributed by atoms with Gasteiger partial charge in [-0.2, -0.15) is 10.1 Å². The van der Waals surface area contributed by atoms with Gasteiger partial charge in [0.15, 0.2) is 12.2 Å². The summed E-state index contributed by atoms with van der Waals surface area (Å²) in [5.74, 6) is -1.81. The number of hydrogen-bond acceptors (Lipinski definition) is 10. The summed E-state index contributed by atoms with van der Waals surface area (Å²) in [4.78, 5) is 39.5. The predicted octanol–water partition coefficient (Wildman–Crippen LogP) is 8.94. The number of carbonyl (C=O) groups excluding carboxylic acids is 2. The van der Waals surface area contributed by atoms with E-state index >= 15 is 0 Å². The quantitative estimate of drug-likeness (QED) is 0.137. The van der Waals surface area contributed by atoms with Gasteiger partial charge in [0.2, 0.25) is 0 Å². The van der Waals surface area contributed by atoms with Gasteiger partial charge < -0.3 is 28.4 Å². The average Bonchev–Trinajstić information content (AvgIpc) is 4.15. The Morgan fingerprint density at radius 2 is 0.781 bits per heavy atom. The van der Waals surface area contributed by atoms with E-state index in [1.54, 1.807) is 27.7 Å². The van der Waals surface area contributed by atoms with E-state index in [1.807, 2.05) is 170 Å². The molecule has 0 bridgehead atoms. The first-order valence-corrected chi connectivity index (χ1v) is 21.4. The number of carbonyl (C=O) groups is 2. The van der Waals surface area contributed by atoms with Crippen molar-refractivity contribution in [1.29, 1.82) is 0 Å². The fraction of sp³-hybridized carbons (Fsp3) is 0.269. The number of fused-ring (bicyclic) bond motifs is 6. The summed E-state index contributed by atoms with van der Waals surface area (Å²) < 4.78 is 38.5. The van der Waals surface area contributed by atoms with Crippen LogP contribution in [0.1, 0.15) is 73.3 Å². The molecule has 6 aromatic rings. The molecule has 12 heteroatoms. The predicted molar refractivity (Wildman–Crippen MR) is 230 cm³/mol. The summed E-state index contributed by atoms with van der Waals surface area (Å²) >= 11 is 0. The summed E-state index contributed by atoms with van der Waals surface area (Å²) in [6.07, 6.45) is -0.832. The Hall–Kier alpha value is -6.38. The Morgan fingerprint density at radius 3 is 1.16 bits per heavy atom. The summed E-state index contributed by atoms with van der Waals surface area (Å²) in [7, 11) is 0. The highest BCUT2D eigenvalue weighted by Crippen LogP contribution is 2.71. The lowest BCUT2D eigenvalue weighted by Gasteiger charge is -2.34. The number of para-hydroxylation sites is 2. The molecule has 0 saturated carbocycles. The molecule has 0 radical (unpaired) electrons. The van der Waals surface area contributed by atoms with Crippen LogP contribution in [-0.2, 0) is 62.9 Å². The minimum absolute atomic E-state index is 0.210. The van der Waals surface area contributed by atoms with Gasteiger partial charge in [-0.05, 0) is 62.1 Å². The van der Waals surface area contributed by atoms with Gasteiger partial charge in [-0.3, -0.25) is 19.3 Å². The zero-order chi connectivity index (χ0) is 44.0. The first kappa shape index (κ1) is 40.4. The normalized spacial score (nSPS) is 29.4. The number of epoxide rings is 2. The van der Waals surface area contributed by atoms with E-state index in [9.17, 15) is 9.59 Å². The monoisotopic (exact) mass is 858 g/mol. The van der Waals surface area contributed by atoms with Crippen molar-refractivity contribution in [1.82, 2.24) is 10.1 Å². The van der Waals surface area contributed by atoms with E-state index in [1.165, 1.54) is 10.1 Å². The van der Waals surface area contributed by atoms with Gasteiger partial charge in [0, 0.05) is 0 Å². The zero-order valence-corrected chi connectivity index (χ0v) is 35.7. The molecule has 6 aliphatic heterocycles. The van der Waals surface area contributed by atoms with E-state index in [2.05, 4.69) is 0 Å². The second-order valence-electron chi connectivity index (χ2n) is 17.6. The highest BCUT2D eigenvalue weighted by atomic mass is 16.9. The first-order valence-electron chi connectivity index (χ1n) is 21.4. The van der Waals surface area contributed by atoms with Gasteiger partial charge in [0.25, 0.3) is 34.8 Å². The van der Waals surface area contributed by atoms with Crippen LogP contribution in [0.2, 0.25) is 0 Å². The van der Waals surface area contributed by atoms with E-state index in [0.717, 1.165) is 22.3 Å². The van der Waals surface area contributed by atoms with Crippen LogP contribution in [0, 0.1) is 0 Å². The smallest absolute Gasteiger partial charge is 0.297 e. The third kappa shape index (κ3) is 5.91. The standard InChI is InChI=1S/2C26H23NO5/c2*1-24(2)23(28)27(29-17-18-11-5-3-6-12-18)25(32-24)20-15-9-10-16-21(20)30-26(25)22(31-26)19-13-7-4-8-14-19/h2*3-16,22H,17H2,1-2H3/t2*22-,25+,26+/m11/s1. The Kier molecular flexibility index (Phi) is 9.20. The van der Waals surface area contributed by atoms with Crippen molar-refractivity contribution >= 4 is 11.8 Å². The maximum atomic E-state index is 13.5. The number of hydrogen-bond donors (Lipinski definition) is 0. The highest BCUT2D eigenvalue weighted by molar-refractivity contribution is 5.88. The Labute approximate surface area is 370 Å². The Balaban J connectivity index is 0.000000143. The molecule has 4 saturated heterocycles. The molecule has 6 aliphatic rings. The lowest BCUT2D eigenvalue weighted by Crippen LogP contribution is -2.53. The molecule has 324 valence electrons. The fourth-order valence-electron chi connectivity index (χ4n) is 9.46. The molecule has 4 fully saturated rings. The summed E-state index contributed by atoms with van der Waals surface area (Å²) in [6.45, 7) is 7.41. The topological polar surface area (TPSA) is 121 Å². The largest absolute Gasteiger partial charge is 0.453 e. The molecule has 12 nitrogen and oxygen atoms in total. The van der Waals surface area contributed by atoms with Crippen LogP contribution >= 0.6 is 0 Å². The van der Waals surface area contributed by atoms with Gasteiger partial charge in [-0.25, -0.2) is 0 Å². The van der Waals surface area contributed by atoms with Crippen molar-refractivity contribution in [3.63, 3.8) is 0 Å². The molecule has 4 spiro atoms. The highest BCUT2D eigenvalue weighted by Gasteiger charge is 2.86. The minimum atomic E-state index is -1.38. The summed E-state index contributed by atoms with van der Waals surface area (Å²) in [5.41, 5.74) is 0.201. The van der Waals surface area contributed by atoms with Crippen molar-refractivity contribution < 1.29 is 47.7 Å². The van der Waals surface area contributed by atoms with Crippen LogP contribution in [0.5, 0.6) is 11.5 Å². The third-order valence-electron chi connectivity index (χ3n) is 12.5. The summed E-state index contributed by atoms with van der Waals surface area (Å²) in [5, 5.41) is 2.68. The molecule has 0 aromatic heterocycles. The molecule has 6 atom stereocenters. The van der Waals surface area contributed by atoms with E-state index in [0.29, 0.717) is 22.6 Å². The Morgan fingerprint density at radius 1 is 0.453 bits per heavy atom. The van der Waals surface area contributed by atoms with Crippen LogP contribution in [0.15, 0.2) is 170 Å². The van der Waals surface area contributed by atoms with Crippen molar-refractivity contribution in [2.75, 3.05) is 0 Å². The Bertz CT molecular complexity index is 2550. The number of rotatable bonds is 8. The van der Waals surface area contributed by atoms with Crippen LogP contribution in [0.3, 0.4) is 0 Å². The van der Waals surface area contributed by atoms with Crippen molar-refractivity contribution in [3.8, 4) is 11.5 Å². The fourth-order valence-corrected chi connectivity index (χ4v) is 9.46. The third-order valence-corrected chi connectivity index (χ3v) is 12.5. The van der Waals surface area contributed by atoms with Gasteiger partial charge in [0.1, 0.15) is 35.9 Å². The van der Waals surface area contributed by atoms with Gasteiger partial charge in [0.05, 0.1) is 11.1 Å². The molecule has 6 aromatic carbocycles. The van der Waals surface area contributed by atoms with Crippen LogP contribution < -0.4 is 9.47 Å². The maximum Gasteiger partial charge on any atom is 0.297 e. The lowest BCUT2D eigenvalue weighted by molar-refractivity contribution is -0.312. The second kappa shape index (κ2) is 14.6. The van der Waals surface area contributed by atoms with Crippen LogP contribution in [-0.4, -0.2) is 44.7 Å². The van der Waals surface area contributed by atoms with Gasteiger partial charge >= 0.3 is 0 Å². The van der Waals surface area contributed by atoms with Crippen molar-refractivity contribution in [3.05, 3.63) is 203 Å². The zero-order valence-electron chi connectivity index (χ0n) is 35.7. The van der Waals surface area contributed by atoms with Crippen LogP contribution in [0.25, 0.3) is 0 Å². The molecular formula is C52H46N2O10. The van der Waals surface area contributed by atoms with Crippen molar-refractivity contribution in [2.24, 2.45) is 0 Å². The van der Waals surface area contributed by atoms with Crippen molar-refractivity contribution in [2.45, 2.75) is 87.3 Å². The molecule has 0 unspecified atom stereocenters. The number of benzene rings is 6. The molecule has 12 rings (SSSR count). The lowest BCUT2D eigenvalue weighted by atomic mass is 9.94. The number of nitrogens with zero attached hydrogens (tertiary/aromatic N) is 2. The summed E-state index contributed by atoms with van der Waals surface area (Å²) in [6, 6.07) is 54.2. The second-order valence-corrected chi connectivity index (χ2v) is 17.6. The first-order chi connectivity index (χ1) is 31.0. The number of amides is 2. The molecular weight excluding hydrogens is 813 g/mol. The molecule has 6 heterocycles. The van der Waals surface area contributed by atoms with Crippen LogP contribution in [0.4, 0.5) is 0 Å². The maximum absolute atomic E-state index is 13.5. The SMILES string of the molecule is CC1(C)O[C@]2(c3ccccc3O[C@@]23O[C@@H]3c2ccccc2)N(OCc2ccccc2)C1=O.CC1(C)O[C@]2(c3ccccc3O[C@@]23O[C@@H]3c2ccccc2)N(OCc2ccccc2)C1=O. The molecule has 64 heavy (non-hydrogen) atoms.